The van der Waals surface area contributed by atoms with Crippen LogP contribution >= 0.6 is 0 Å². The summed E-state index contributed by atoms with van der Waals surface area (Å²) in [5, 5.41) is 0. The van der Waals surface area contributed by atoms with Gasteiger partial charge < -0.3 is 0 Å². The fourth-order valence-corrected chi connectivity index (χ4v) is 5.94. The number of hydrogen-bond donors (Lipinski definition) is 0. The number of benzene rings is 1. The highest BCUT2D eigenvalue weighted by molar-refractivity contribution is 5.46. The van der Waals surface area contributed by atoms with E-state index in [1.165, 1.54) is 15.7 Å². The Balaban J connectivity index is 1.75. The van der Waals surface area contributed by atoms with Crippen molar-refractivity contribution in [3.8, 4) is 5.69 Å². The minimum atomic E-state index is -0.239. The number of rotatable bonds is 1. The van der Waals surface area contributed by atoms with E-state index in [1.807, 2.05) is 30.3 Å². The molecule has 0 amide bonds. The van der Waals surface area contributed by atoms with Crippen LogP contribution in [0, 0.1) is 22.7 Å². The molecule has 4 unspecified atom stereocenters. The minimum absolute atomic E-state index is 0.0336. The maximum absolute atomic E-state index is 13.4. The standard InChI is InChI=1S/C24H29N3O2/c1-23(2,3)19-17-15-12-13-16(18(17)20(19)24(4,5)6)27-22(29)25(21(28)26(15)27)14-10-8-7-9-11-14/h7-13,15-18H,1-6H3. The van der Waals surface area contributed by atoms with E-state index in [0.717, 1.165) is 0 Å². The third kappa shape index (κ3) is 2.27. The molecular weight excluding hydrogens is 362 g/mol. The second-order valence-electron chi connectivity index (χ2n) is 10.7. The molecule has 2 aliphatic heterocycles. The zero-order chi connectivity index (χ0) is 20.9. The topological polar surface area (TPSA) is 48.9 Å². The second kappa shape index (κ2) is 5.53. The fourth-order valence-electron chi connectivity index (χ4n) is 5.94. The second-order valence-corrected chi connectivity index (χ2v) is 10.7. The van der Waals surface area contributed by atoms with Crippen molar-refractivity contribution < 1.29 is 0 Å². The summed E-state index contributed by atoms with van der Waals surface area (Å²) < 4.78 is 4.75. The molecule has 1 aromatic heterocycles. The van der Waals surface area contributed by atoms with Crippen LogP contribution in [0.5, 0.6) is 0 Å². The SMILES string of the molecule is CC(C)(C)C1=C(C(C)(C)C)C2C1C1C=CC2n2c(=O)n(-c3ccccc3)c(=O)n21. The lowest BCUT2D eigenvalue weighted by molar-refractivity contribution is 0.0738. The van der Waals surface area contributed by atoms with Crippen LogP contribution in [0.4, 0.5) is 0 Å². The maximum Gasteiger partial charge on any atom is 0.352 e. The molecular formula is C24H29N3O2. The molecule has 2 bridgehead atoms. The van der Waals surface area contributed by atoms with Crippen LogP contribution in [0.15, 0.2) is 63.2 Å². The molecule has 152 valence electrons. The van der Waals surface area contributed by atoms with E-state index < -0.39 is 0 Å². The number of allylic oxidation sites excluding steroid dienone is 4. The summed E-state index contributed by atoms with van der Waals surface area (Å²) in [6.45, 7) is 13.6. The molecule has 4 aliphatic rings. The van der Waals surface area contributed by atoms with Crippen molar-refractivity contribution in [3.05, 3.63) is 74.6 Å². The Labute approximate surface area is 171 Å². The molecule has 29 heavy (non-hydrogen) atoms. The maximum atomic E-state index is 13.4. The molecule has 0 saturated heterocycles. The van der Waals surface area contributed by atoms with E-state index in [-0.39, 0.29) is 46.1 Å². The number of hydrogen-bond acceptors (Lipinski definition) is 2. The summed E-state index contributed by atoms with van der Waals surface area (Å²) in [6.07, 6.45) is 4.29. The van der Waals surface area contributed by atoms with Gasteiger partial charge in [0.2, 0.25) is 0 Å². The lowest BCUT2D eigenvalue weighted by atomic mass is 9.49. The van der Waals surface area contributed by atoms with E-state index in [4.69, 9.17) is 0 Å². The van der Waals surface area contributed by atoms with E-state index in [9.17, 15) is 9.59 Å². The Hall–Kier alpha value is -2.56. The molecule has 0 saturated carbocycles. The van der Waals surface area contributed by atoms with Crippen LogP contribution in [0.2, 0.25) is 0 Å². The van der Waals surface area contributed by atoms with Gasteiger partial charge in [-0.25, -0.2) is 23.5 Å². The highest BCUT2D eigenvalue weighted by Crippen LogP contribution is 2.65. The third-order valence-electron chi connectivity index (χ3n) is 6.79. The molecule has 0 spiro atoms. The van der Waals surface area contributed by atoms with Gasteiger partial charge in [0, 0.05) is 11.8 Å². The van der Waals surface area contributed by atoms with Gasteiger partial charge in [-0.3, -0.25) is 0 Å². The zero-order valence-electron chi connectivity index (χ0n) is 18.0. The van der Waals surface area contributed by atoms with Crippen LogP contribution in [-0.2, 0) is 0 Å². The van der Waals surface area contributed by atoms with Crippen molar-refractivity contribution in [3.63, 3.8) is 0 Å². The quantitative estimate of drug-likeness (QED) is 0.687. The van der Waals surface area contributed by atoms with E-state index >= 15 is 0 Å². The first-order valence-corrected chi connectivity index (χ1v) is 10.5. The lowest BCUT2D eigenvalue weighted by Gasteiger charge is -2.60. The van der Waals surface area contributed by atoms with Crippen LogP contribution < -0.4 is 11.4 Å². The van der Waals surface area contributed by atoms with Crippen LogP contribution in [-0.4, -0.2) is 13.9 Å². The Morgan fingerprint density at radius 1 is 0.690 bits per heavy atom. The van der Waals surface area contributed by atoms with Gasteiger partial charge in [0.25, 0.3) is 0 Å². The molecule has 4 atom stereocenters. The lowest BCUT2D eigenvalue weighted by Crippen LogP contribution is -2.57. The summed E-state index contributed by atoms with van der Waals surface area (Å²) in [4.78, 5) is 26.8. The Morgan fingerprint density at radius 3 is 1.48 bits per heavy atom. The summed E-state index contributed by atoms with van der Waals surface area (Å²) in [7, 11) is 0. The molecule has 2 aromatic rings. The van der Waals surface area contributed by atoms with Crippen molar-refractivity contribution in [2.24, 2.45) is 22.7 Å². The van der Waals surface area contributed by atoms with Gasteiger partial charge in [-0.1, -0.05) is 83.0 Å². The summed E-state index contributed by atoms with van der Waals surface area (Å²) in [6, 6.07) is 9.04. The smallest absolute Gasteiger partial charge is 0.245 e. The number of nitrogens with zero attached hydrogens (tertiary/aromatic N) is 3. The predicted octanol–water partition coefficient (Wildman–Crippen LogP) is 4.10. The van der Waals surface area contributed by atoms with E-state index in [2.05, 4.69) is 53.7 Å². The summed E-state index contributed by atoms with van der Waals surface area (Å²) in [5.74, 6) is 0.561. The first-order valence-electron chi connectivity index (χ1n) is 10.5. The molecule has 1 aromatic carbocycles. The molecule has 0 N–H and O–H groups in total. The molecule has 0 radical (unpaired) electrons. The first-order chi connectivity index (χ1) is 13.5. The first kappa shape index (κ1) is 18.5. The van der Waals surface area contributed by atoms with Crippen LogP contribution in [0.25, 0.3) is 5.69 Å². The highest BCUT2D eigenvalue weighted by atomic mass is 16.2. The number of para-hydroxylation sites is 1. The predicted molar refractivity (Wildman–Crippen MR) is 114 cm³/mol. The highest BCUT2D eigenvalue weighted by Gasteiger charge is 2.59. The van der Waals surface area contributed by atoms with Crippen LogP contribution in [0.1, 0.15) is 53.6 Å². The van der Waals surface area contributed by atoms with Crippen molar-refractivity contribution in [2.75, 3.05) is 0 Å². The Morgan fingerprint density at radius 2 is 1.10 bits per heavy atom. The minimum Gasteiger partial charge on any atom is -0.245 e. The average molecular weight is 392 g/mol. The molecule has 5 nitrogen and oxygen atoms in total. The third-order valence-corrected chi connectivity index (χ3v) is 6.79. The van der Waals surface area contributed by atoms with Crippen molar-refractivity contribution >= 4 is 0 Å². The Bertz CT molecular complexity index is 1100. The Kier molecular flexibility index (Phi) is 3.52. The summed E-state index contributed by atoms with van der Waals surface area (Å²) >= 11 is 0. The summed E-state index contributed by atoms with van der Waals surface area (Å²) in [5.41, 5.74) is 3.15. The zero-order valence-corrected chi connectivity index (χ0v) is 18.0. The molecule has 2 aliphatic carbocycles. The van der Waals surface area contributed by atoms with Gasteiger partial charge in [-0.05, 0) is 23.0 Å². The van der Waals surface area contributed by atoms with Crippen molar-refractivity contribution in [1.29, 1.82) is 0 Å². The average Bonchev–Trinajstić information content (AvgIpc) is 2.86. The molecule has 5 heteroatoms. The van der Waals surface area contributed by atoms with Crippen molar-refractivity contribution in [2.45, 2.75) is 53.6 Å². The van der Waals surface area contributed by atoms with Gasteiger partial charge in [-0.2, -0.15) is 0 Å². The fraction of sp³-hybridized carbons (Fsp3) is 0.500. The van der Waals surface area contributed by atoms with Gasteiger partial charge in [0.1, 0.15) is 0 Å². The van der Waals surface area contributed by atoms with Gasteiger partial charge in [0.15, 0.2) is 0 Å². The largest absolute Gasteiger partial charge is 0.352 e. The molecule has 0 fully saturated rings. The normalized spacial score (nSPS) is 27.7. The van der Waals surface area contributed by atoms with Gasteiger partial charge in [-0.15, -0.1) is 0 Å². The van der Waals surface area contributed by atoms with Crippen molar-refractivity contribution in [1.82, 2.24) is 13.9 Å². The molecule has 3 heterocycles. The van der Waals surface area contributed by atoms with Gasteiger partial charge in [0.05, 0.1) is 17.8 Å². The molecule has 6 rings (SSSR count). The van der Waals surface area contributed by atoms with Gasteiger partial charge >= 0.3 is 11.4 Å². The monoisotopic (exact) mass is 391 g/mol. The van der Waals surface area contributed by atoms with E-state index in [0.29, 0.717) is 5.69 Å². The number of aromatic nitrogens is 3. The van der Waals surface area contributed by atoms with E-state index in [1.54, 1.807) is 9.36 Å². The van der Waals surface area contributed by atoms with Crippen LogP contribution in [0.3, 0.4) is 0 Å².